The fraction of sp³-hybridized carbons (Fsp3) is 0.176. The van der Waals surface area contributed by atoms with Gasteiger partial charge in [0.1, 0.15) is 0 Å². The van der Waals surface area contributed by atoms with E-state index in [-0.39, 0.29) is 22.4 Å². The highest BCUT2D eigenvalue weighted by Crippen LogP contribution is 2.31. The Morgan fingerprint density at radius 1 is 0.587 bits per heavy atom. The van der Waals surface area contributed by atoms with E-state index in [4.69, 9.17) is 23.7 Å². The number of rotatable bonds is 8. The molecule has 0 saturated carbocycles. The molecule has 12 heteroatoms. The maximum atomic E-state index is 14.2. The Labute approximate surface area is 261 Å². The van der Waals surface area contributed by atoms with Crippen LogP contribution in [0.3, 0.4) is 0 Å². The van der Waals surface area contributed by atoms with E-state index in [0.29, 0.717) is 0 Å². The summed E-state index contributed by atoms with van der Waals surface area (Å²) in [5.41, 5.74) is 0.174. The molecule has 0 aliphatic carbocycles. The first-order chi connectivity index (χ1) is 22.2. The van der Waals surface area contributed by atoms with Crippen LogP contribution in [0.5, 0.6) is 0 Å². The Balaban J connectivity index is 1.53. The molecule has 1 aliphatic heterocycles. The molecule has 5 rings (SSSR count). The fourth-order valence-electron chi connectivity index (χ4n) is 4.41. The minimum atomic E-state index is -5.11. The Bertz CT molecular complexity index is 1650. The average molecular weight is 634 g/mol. The Morgan fingerprint density at radius 2 is 1.00 bits per heavy atom. The molecule has 1 saturated heterocycles. The van der Waals surface area contributed by atoms with Gasteiger partial charge < -0.3 is 23.7 Å². The van der Waals surface area contributed by atoms with Crippen molar-refractivity contribution in [3.8, 4) is 0 Å². The van der Waals surface area contributed by atoms with Gasteiger partial charge in [0, 0.05) is 0 Å². The van der Waals surface area contributed by atoms with Crippen LogP contribution in [0.15, 0.2) is 126 Å². The third-order valence-corrected chi connectivity index (χ3v) is 6.61. The number of hydrogen-bond acceptors (Lipinski definition) is 9. The molecule has 1 heterocycles. The van der Waals surface area contributed by atoms with Crippen LogP contribution >= 0.6 is 0 Å². The van der Waals surface area contributed by atoms with Gasteiger partial charge in [-0.25, -0.2) is 19.4 Å². The number of ether oxygens (including phenoxy) is 5. The summed E-state index contributed by atoms with van der Waals surface area (Å²) in [6.07, 6.45) is -12.1. The number of para-hydroxylation sites is 1. The van der Waals surface area contributed by atoms with Crippen LogP contribution in [0.25, 0.3) is 0 Å². The fourth-order valence-corrected chi connectivity index (χ4v) is 4.41. The van der Waals surface area contributed by atoms with Crippen molar-refractivity contribution in [1.29, 1.82) is 0 Å². The summed E-state index contributed by atoms with van der Waals surface area (Å²) in [6.45, 7) is -0.591. The lowest BCUT2D eigenvalue weighted by molar-refractivity contribution is -0.251. The van der Waals surface area contributed by atoms with E-state index in [9.17, 15) is 27.6 Å². The summed E-state index contributed by atoms with van der Waals surface area (Å²) in [4.78, 5) is 43.1. The quantitative estimate of drug-likeness (QED) is 0.0959. The van der Waals surface area contributed by atoms with Gasteiger partial charge >= 0.3 is 24.1 Å². The normalized spacial score (nSPS) is 19.8. The molecule has 1 unspecified atom stereocenters. The van der Waals surface area contributed by atoms with Gasteiger partial charge in [-0.05, 0) is 48.5 Å². The van der Waals surface area contributed by atoms with E-state index in [1.807, 2.05) is 0 Å². The largest absolute Gasteiger partial charge is 0.468 e. The van der Waals surface area contributed by atoms with Crippen molar-refractivity contribution >= 4 is 29.5 Å². The van der Waals surface area contributed by atoms with Crippen molar-refractivity contribution in [3.05, 3.63) is 138 Å². The van der Waals surface area contributed by atoms with E-state index >= 15 is 0 Å². The average Bonchev–Trinajstić information content (AvgIpc) is 3.07. The molecule has 0 amide bonds. The summed E-state index contributed by atoms with van der Waals surface area (Å²) >= 11 is 0. The van der Waals surface area contributed by atoms with Crippen molar-refractivity contribution in [2.24, 2.45) is 4.99 Å². The molecule has 0 aromatic heterocycles. The maximum absolute atomic E-state index is 14.2. The molecular formula is C34H26F3NO8. The molecule has 46 heavy (non-hydrogen) atoms. The molecule has 1 aliphatic rings. The van der Waals surface area contributed by atoms with Crippen LogP contribution in [0.4, 0.5) is 18.9 Å². The summed E-state index contributed by atoms with van der Waals surface area (Å²) < 4.78 is 70.5. The van der Waals surface area contributed by atoms with Crippen LogP contribution in [-0.2, 0) is 23.7 Å². The standard InChI is InChI=1S/C34H26F3NO8/c35-34(36,37)33(38-25-19-11-4-12-20-25)46-32-28(45-31(41)24-17-9-3-10-18-24)27(44-30(40)23-15-7-2-8-16-23)26(21-42-32)43-29(39)22-13-5-1-6-14-22/h1-20,26-28,32H,21H2/t26-,27+,28-,32?/m1/s1. The maximum Gasteiger partial charge on any atom is 0.468 e. The molecular weight excluding hydrogens is 607 g/mol. The smallest absolute Gasteiger partial charge is 0.452 e. The highest BCUT2D eigenvalue weighted by molar-refractivity contribution is 5.91. The lowest BCUT2D eigenvalue weighted by Gasteiger charge is -2.40. The van der Waals surface area contributed by atoms with Gasteiger partial charge in [-0.15, -0.1) is 0 Å². The number of carbonyl (C=O) groups is 3. The van der Waals surface area contributed by atoms with Crippen LogP contribution in [0, 0.1) is 0 Å². The van der Waals surface area contributed by atoms with Gasteiger partial charge in [0.05, 0.1) is 29.0 Å². The van der Waals surface area contributed by atoms with Gasteiger partial charge in [-0.3, -0.25) is 0 Å². The topological polar surface area (TPSA) is 110 Å². The molecule has 1 fully saturated rings. The monoisotopic (exact) mass is 633 g/mol. The number of halogens is 3. The predicted octanol–water partition coefficient (Wildman–Crippen LogP) is 6.33. The van der Waals surface area contributed by atoms with Gasteiger partial charge in [0.2, 0.25) is 12.4 Å². The number of carbonyl (C=O) groups excluding carboxylic acids is 3. The van der Waals surface area contributed by atoms with Gasteiger partial charge in [0.25, 0.3) is 5.90 Å². The van der Waals surface area contributed by atoms with E-state index < -0.39 is 61.2 Å². The van der Waals surface area contributed by atoms with Crippen molar-refractivity contribution in [2.45, 2.75) is 30.8 Å². The first-order valence-corrected chi connectivity index (χ1v) is 14.0. The minimum Gasteiger partial charge on any atom is -0.452 e. The number of nitrogens with zero attached hydrogens (tertiary/aromatic N) is 1. The summed E-state index contributed by atoms with van der Waals surface area (Å²) in [5.74, 6) is -4.48. The second-order valence-corrected chi connectivity index (χ2v) is 9.85. The lowest BCUT2D eigenvalue weighted by Crippen LogP contribution is -2.59. The molecule has 0 N–H and O–H groups in total. The Morgan fingerprint density at radius 3 is 1.46 bits per heavy atom. The van der Waals surface area contributed by atoms with E-state index in [0.717, 1.165) is 0 Å². The summed E-state index contributed by atoms with van der Waals surface area (Å²) in [6, 6.07) is 30.3. The number of alkyl halides is 3. The van der Waals surface area contributed by atoms with Crippen LogP contribution in [0.2, 0.25) is 0 Å². The molecule has 4 aromatic carbocycles. The van der Waals surface area contributed by atoms with Crippen molar-refractivity contribution in [1.82, 2.24) is 0 Å². The third-order valence-electron chi connectivity index (χ3n) is 6.61. The zero-order valence-electron chi connectivity index (χ0n) is 23.9. The zero-order valence-corrected chi connectivity index (χ0v) is 23.9. The molecule has 0 radical (unpaired) electrons. The number of esters is 3. The van der Waals surface area contributed by atoms with Crippen molar-refractivity contribution < 1.29 is 51.2 Å². The SMILES string of the molecule is O=C(O[C@H]1[C@H](OC(=O)c2ccccc2)COC(OC(=Nc2ccccc2)C(F)(F)F)[C@@H]1OC(=O)c1ccccc1)c1ccccc1. The van der Waals surface area contributed by atoms with Crippen LogP contribution < -0.4 is 0 Å². The van der Waals surface area contributed by atoms with Gasteiger partial charge in [0.15, 0.2) is 12.2 Å². The molecule has 9 nitrogen and oxygen atoms in total. The van der Waals surface area contributed by atoms with Crippen molar-refractivity contribution in [3.63, 3.8) is 0 Å². The first kappa shape index (κ1) is 31.9. The summed E-state index contributed by atoms with van der Waals surface area (Å²) in [5, 5.41) is 0. The van der Waals surface area contributed by atoms with E-state index in [1.165, 1.54) is 60.7 Å². The second-order valence-electron chi connectivity index (χ2n) is 9.85. The lowest BCUT2D eigenvalue weighted by atomic mass is 10.0. The third kappa shape index (κ3) is 8.16. The second kappa shape index (κ2) is 14.5. The number of aliphatic imine (C=N–C) groups is 1. The minimum absolute atomic E-state index is 0.0341. The molecule has 4 aromatic rings. The first-order valence-electron chi connectivity index (χ1n) is 14.0. The molecule has 4 atom stereocenters. The van der Waals surface area contributed by atoms with Gasteiger partial charge in [-0.2, -0.15) is 13.2 Å². The number of benzene rings is 4. The Kier molecular flexibility index (Phi) is 10.1. The van der Waals surface area contributed by atoms with Crippen molar-refractivity contribution in [2.75, 3.05) is 6.61 Å². The van der Waals surface area contributed by atoms with E-state index in [1.54, 1.807) is 60.7 Å². The Hall–Kier alpha value is -5.49. The number of hydrogen-bond donors (Lipinski definition) is 0. The molecule has 236 valence electrons. The van der Waals surface area contributed by atoms with E-state index in [2.05, 4.69) is 4.99 Å². The van der Waals surface area contributed by atoms with Crippen LogP contribution in [-0.4, -0.2) is 61.2 Å². The highest BCUT2D eigenvalue weighted by Gasteiger charge is 2.52. The highest BCUT2D eigenvalue weighted by atomic mass is 19.4. The summed E-state index contributed by atoms with van der Waals surface area (Å²) in [7, 11) is 0. The predicted molar refractivity (Wildman–Crippen MR) is 157 cm³/mol. The van der Waals surface area contributed by atoms with Gasteiger partial charge in [-0.1, -0.05) is 72.8 Å². The molecule has 0 spiro atoms. The molecule has 0 bridgehead atoms. The zero-order chi connectivity index (χ0) is 32.5. The van der Waals surface area contributed by atoms with Crippen LogP contribution in [0.1, 0.15) is 31.1 Å².